The maximum atomic E-state index is 12.3. The predicted molar refractivity (Wildman–Crippen MR) is 121 cm³/mol. The van der Waals surface area contributed by atoms with Crippen LogP contribution >= 0.6 is 0 Å². The minimum atomic E-state index is -0.0606. The average Bonchev–Trinajstić information content (AvgIpc) is 3.03. The Morgan fingerprint density at radius 2 is 2.03 bits per heavy atom. The van der Waals surface area contributed by atoms with E-state index >= 15 is 0 Å². The normalized spacial score (nSPS) is 20.8. The van der Waals surface area contributed by atoms with Crippen LogP contribution in [0.4, 0.5) is 5.69 Å². The summed E-state index contributed by atoms with van der Waals surface area (Å²) < 4.78 is 4.12. The molecule has 1 aromatic carbocycles. The SMILES string of the molecule is CC(C)C(=O)Nc1ccc2c(c1)nc(CN1C[C@@H]3C[C@H](C1)c1cccc(=O)n1C3)n2C. The summed E-state index contributed by atoms with van der Waals surface area (Å²) in [7, 11) is 2.05. The molecule has 5 rings (SSSR count). The van der Waals surface area contributed by atoms with Crippen molar-refractivity contribution in [2.24, 2.45) is 18.9 Å². The number of pyridine rings is 1. The van der Waals surface area contributed by atoms with E-state index in [-0.39, 0.29) is 17.4 Å². The number of imidazole rings is 1. The number of likely N-dealkylation sites (tertiary alicyclic amines) is 1. The van der Waals surface area contributed by atoms with Gasteiger partial charge >= 0.3 is 0 Å². The molecule has 1 saturated heterocycles. The van der Waals surface area contributed by atoms with Gasteiger partial charge in [0.2, 0.25) is 5.91 Å². The van der Waals surface area contributed by atoms with Crippen molar-refractivity contribution >= 4 is 22.6 Å². The van der Waals surface area contributed by atoms with Crippen LogP contribution in [0.1, 0.15) is 37.7 Å². The Labute approximate surface area is 181 Å². The highest BCUT2D eigenvalue weighted by Gasteiger charge is 2.34. The second-order valence-corrected chi connectivity index (χ2v) is 9.33. The topological polar surface area (TPSA) is 72.2 Å². The zero-order valence-electron chi connectivity index (χ0n) is 18.3. The Hall–Kier alpha value is -2.93. The summed E-state index contributed by atoms with van der Waals surface area (Å²) in [6, 6.07) is 11.6. The summed E-state index contributed by atoms with van der Waals surface area (Å²) in [5.41, 5.74) is 4.03. The molecule has 2 bridgehead atoms. The van der Waals surface area contributed by atoms with Crippen molar-refractivity contribution in [2.75, 3.05) is 18.4 Å². The average molecular weight is 420 g/mol. The summed E-state index contributed by atoms with van der Waals surface area (Å²) in [6.45, 7) is 7.28. The fraction of sp³-hybridized carbons (Fsp3) is 0.458. The monoisotopic (exact) mass is 419 g/mol. The van der Waals surface area contributed by atoms with Gasteiger partial charge in [-0.1, -0.05) is 19.9 Å². The molecular weight excluding hydrogens is 390 g/mol. The quantitative estimate of drug-likeness (QED) is 0.706. The van der Waals surface area contributed by atoms with E-state index in [1.807, 2.05) is 42.7 Å². The lowest BCUT2D eigenvalue weighted by Gasteiger charge is -2.42. The van der Waals surface area contributed by atoms with Crippen molar-refractivity contribution < 1.29 is 4.79 Å². The second-order valence-electron chi connectivity index (χ2n) is 9.33. The Balaban J connectivity index is 1.37. The molecule has 0 radical (unpaired) electrons. The van der Waals surface area contributed by atoms with Gasteiger partial charge in [0.05, 0.1) is 17.6 Å². The van der Waals surface area contributed by atoms with Crippen molar-refractivity contribution in [3.05, 3.63) is 58.3 Å². The number of hydrogen-bond donors (Lipinski definition) is 1. The molecule has 0 aliphatic carbocycles. The van der Waals surface area contributed by atoms with Crippen LogP contribution < -0.4 is 10.9 Å². The molecule has 2 aliphatic rings. The molecular formula is C24H29N5O2. The Bertz CT molecular complexity index is 1210. The highest BCUT2D eigenvalue weighted by molar-refractivity contribution is 5.94. The summed E-state index contributed by atoms with van der Waals surface area (Å²) >= 11 is 0. The van der Waals surface area contributed by atoms with Crippen LogP contribution in [0.3, 0.4) is 0 Å². The minimum absolute atomic E-state index is 0.00903. The first-order valence-electron chi connectivity index (χ1n) is 11.1. The van der Waals surface area contributed by atoms with Gasteiger partial charge in [-0.05, 0) is 36.6 Å². The molecule has 31 heavy (non-hydrogen) atoms. The Morgan fingerprint density at radius 3 is 2.84 bits per heavy atom. The second kappa shape index (κ2) is 7.64. The van der Waals surface area contributed by atoms with E-state index in [1.54, 1.807) is 6.07 Å². The van der Waals surface area contributed by atoms with Gasteiger partial charge in [-0.3, -0.25) is 14.5 Å². The van der Waals surface area contributed by atoms with Gasteiger partial charge in [-0.25, -0.2) is 4.98 Å². The smallest absolute Gasteiger partial charge is 0.250 e. The molecule has 4 heterocycles. The van der Waals surface area contributed by atoms with Gasteiger partial charge in [-0.2, -0.15) is 0 Å². The molecule has 3 aromatic rings. The molecule has 0 saturated carbocycles. The number of aromatic nitrogens is 3. The van der Waals surface area contributed by atoms with Crippen LogP contribution in [0.2, 0.25) is 0 Å². The molecule has 2 atom stereocenters. The number of rotatable bonds is 4. The number of benzene rings is 1. The molecule has 2 aliphatic heterocycles. The van der Waals surface area contributed by atoms with Crippen molar-refractivity contribution in [2.45, 2.75) is 39.3 Å². The number of nitrogens with one attached hydrogen (secondary N) is 1. The molecule has 162 valence electrons. The van der Waals surface area contributed by atoms with Crippen LogP contribution in [0.5, 0.6) is 0 Å². The number of hydrogen-bond acceptors (Lipinski definition) is 4. The Morgan fingerprint density at radius 1 is 1.19 bits per heavy atom. The number of nitrogens with zero attached hydrogens (tertiary/aromatic N) is 4. The number of carbonyl (C=O) groups excluding carboxylic acids is 1. The first kappa shape index (κ1) is 20.0. The number of piperidine rings is 1. The first-order chi connectivity index (χ1) is 14.9. The highest BCUT2D eigenvalue weighted by atomic mass is 16.2. The lowest BCUT2D eigenvalue weighted by atomic mass is 9.83. The van der Waals surface area contributed by atoms with Gasteiger partial charge in [0.1, 0.15) is 5.82 Å². The zero-order chi connectivity index (χ0) is 21.7. The third-order valence-electron chi connectivity index (χ3n) is 6.69. The van der Waals surface area contributed by atoms with Crippen LogP contribution in [0.25, 0.3) is 11.0 Å². The summed E-state index contributed by atoms with van der Waals surface area (Å²) in [6.07, 6.45) is 1.15. The van der Waals surface area contributed by atoms with Crippen LogP contribution in [0, 0.1) is 11.8 Å². The fourth-order valence-electron chi connectivity index (χ4n) is 5.08. The van der Waals surface area contributed by atoms with Gasteiger partial charge in [0.25, 0.3) is 5.56 Å². The standard InChI is InChI=1S/C24H29N5O2/c1-15(2)24(31)25-18-7-8-21-19(10-18)26-22(27(21)3)14-28-11-16-9-17(13-28)20-5-4-6-23(30)29(20)12-16/h4-8,10,15-17H,9,11-14H2,1-3H3,(H,25,31)/t16-,17+/m0/s1. The molecule has 0 unspecified atom stereocenters. The molecule has 2 aromatic heterocycles. The van der Waals surface area contributed by atoms with E-state index in [0.717, 1.165) is 55.1 Å². The highest BCUT2D eigenvalue weighted by Crippen LogP contribution is 2.35. The molecule has 1 N–H and O–H groups in total. The molecule has 1 amide bonds. The molecule has 1 fully saturated rings. The number of fused-ring (bicyclic) bond motifs is 5. The van der Waals surface area contributed by atoms with Gasteiger partial charge in [0.15, 0.2) is 0 Å². The van der Waals surface area contributed by atoms with Gasteiger partial charge < -0.3 is 14.5 Å². The lowest BCUT2D eigenvalue weighted by Crippen LogP contribution is -2.46. The zero-order valence-corrected chi connectivity index (χ0v) is 18.3. The molecule has 0 spiro atoms. The summed E-state index contributed by atoms with van der Waals surface area (Å²) in [5.74, 6) is 1.87. The predicted octanol–water partition coefficient (Wildman–Crippen LogP) is 2.95. The third kappa shape index (κ3) is 3.67. The third-order valence-corrected chi connectivity index (χ3v) is 6.69. The summed E-state index contributed by atoms with van der Waals surface area (Å²) in [4.78, 5) is 31.6. The van der Waals surface area contributed by atoms with Crippen molar-refractivity contribution in [3.63, 3.8) is 0 Å². The van der Waals surface area contributed by atoms with Gasteiger partial charge in [0, 0.05) is 56.0 Å². The van der Waals surface area contributed by atoms with Crippen LogP contribution in [-0.2, 0) is 24.9 Å². The lowest BCUT2D eigenvalue weighted by molar-refractivity contribution is -0.118. The van der Waals surface area contributed by atoms with E-state index in [9.17, 15) is 9.59 Å². The number of carbonyl (C=O) groups is 1. The fourth-order valence-corrected chi connectivity index (χ4v) is 5.08. The van der Waals surface area contributed by atoms with Crippen LogP contribution in [-0.4, -0.2) is 38.0 Å². The van der Waals surface area contributed by atoms with E-state index in [1.165, 1.54) is 5.69 Å². The largest absolute Gasteiger partial charge is 0.330 e. The van der Waals surface area contributed by atoms with Crippen molar-refractivity contribution in [3.8, 4) is 0 Å². The maximum absolute atomic E-state index is 12.3. The minimum Gasteiger partial charge on any atom is -0.330 e. The number of amides is 1. The van der Waals surface area contributed by atoms with Crippen molar-refractivity contribution in [1.29, 1.82) is 0 Å². The number of aryl methyl sites for hydroxylation is 1. The number of anilines is 1. The van der Waals surface area contributed by atoms with Crippen LogP contribution in [0.15, 0.2) is 41.2 Å². The van der Waals surface area contributed by atoms with E-state index in [4.69, 9.17) is 4.98 Å². The van der Waals surface area contributed by atoms with Gasteiger partial charge in [-0.15, -0.1) is 0 Å². The van der Waals surface area contributed by atoms with E-state index in [0.29, 0.717) is 11.8 Å². The van der Waals surface area contributed by atoms with E-state index in [2.05, 4.69) is 27.9 Å². The molecule has 7 nitrogen and oxygen atoms in total. The maximum Gasteiger partial charge on any atom is 0.250 e. The first-order valence-corrected chi connectivity index (χ1v) is 11.1. The van der Waals surface area contributed by atoms with E-state index < -0.39 is 0 Å². The summed E-state index contributed by atoms with van der Waals surface area (Å²) in [5, 5.41) is 2.96. The van der Waals surface area contributed by atoms with Crippen molar-refractivity contribution in [1.82, 2.24) is 19.0 Å². The molecule has 7 heteroatoms. The Kier molecular flexibility index (Phi) is 4.93.